The van der Waals surface area contributed by atoms with Crippen LogP contribution in [0.1, 0.15) is 45.2 Å². The zero-order chi connectivity index (χ0) is 30.9. The highest BCUT2D eigenvalue weighted by molar-refractivity contribution is 5.94. The number of nitrogens with zero attached hydrogens (tertiary/aromatic N) is 1. The summed E-state index contributed by atoms with van der Waals surface area (Å²) >= 11 is 0. The summed E-state index contributed by atoms with van der Waals surface area (Å²) in [4.78, 5) is 42.2. The molecule has 2 aromatic carbocycles. The Hall–Kier alpha value is -3.89. The van der Waals surface area contributed by atoms with Crippen LogP contribution in [0.25, 0.3) is 6.08 Å². The molecule has 4 atom stereocenters. The van der Waals surface area contributed by atoms with Gasteiger partial charge in [0.15, 0.2) is 0 Å². The van der Waals surface area contributed by atoms with E-state index < -0.39 is 35.5 Å². The second-order valence-electron chi connectivity index (χ2n) is 11.3. The lowest BCUT2D eigenvalue weighted by molar-refractivity contribution is -0.150. The van der Waals surface area contributed by atoms with Crippen molar-refractivity contribution in [2.45, 2.75) is 64.3 Å². The standard InChI is InChI=1S/C32H44N4O6/c1-6-21(2)27-31(40)36(5)28(32(3,4)41)30(39)35-25(20-22-13-15-24(37)16-14-22)29(38)34-17-9-11-23-10-7-8-12-26(23)42-19-18-33-27/h7-16,21,25,27-28,33,37,41H,6,17-20H2,1-5H3,(H,34,38)(H,35,39)/b11-9+/t21?,25-,27+,28-/m1/s1. The van der Waals surface area contributed by atoms with Crippen LogP contribution >= 0.6 is 0 Å². The number of phenolic OH excluding ortho intramolecular Hbond substituents is 1. The number of hydrogen-bond donors (Lipinski definition) is 5. The highest BCUT2D eigenvalue weighted by Crippen LogP contribution is 2.21. The highest BCUT2D eigenvalue weighted by Gasteiger charge is 2.42. The molecule has 5 N–H and O–H groups in total. The Morgan fingerprint density at radius 1 is 1.07 bits per heavy atom. The minimum Gasteiger partial charge on any atom is -0.508 e. The number of phenols is 1. The summed E-state index contributed by atoms with van der Waals surface area (Å²) in [6.45, 7) is 7.75. The number of aliphatic hydroxyl groups is 1. The number of ether oxygens (including phenoxy) is 1. The van der Waals surface area contributed by atoms with Gasteiger partial charge in [0.2, 0.25) is 17.7 Å². The molecule has 3 amide bonds. The number of nitrogens with one attached hydrogen (secondary N) is 3. The Bertz CT molecular complexity index is 1240. The van der Waals surface area contributed by atoms with Gasteiger partial charge in [-0.3, -0.25) is 14.4 Å². The van der Waals surface area contributed by atoms with E-state index in [2.05, 4.69) is 16.0 Å². The number of rotatable bonds is 5. The van der Waals surface area contributed by atoms with Crippen LogP contribution in [0.5, 0.6) is 11.5 Å². The molecule has 10 nitrogen and oxygen atoms in total. The Morgan fingerprint density at radius 3 is 2.43 bits per heavy atom. The number of likely N-dealkylation sites (N-methyl/N-ethyl adjacent to an activating group) is 1. The van der Waals surface area contributed by atoms with Gasteiger partial charge >= 0.3 is 0 Å². The van der Waals surface area contributed by atoms with Crippen molar-refractivity contribution in [1.29, 1.82) is 0 Å². The number of benzene rings is 2. The lowest BCUT2D eigenvalue weighted by Gasteiger charge is -2.39. The molecule has 0 spiro atoms. The molecule has 2 aromatic rings. The maximum atomic E-state index is 13.8. The molecule has 0 aliphatic carbocycles. The molecule has 0 saturated heterocycles. The molecular formula is C32H44N4O6. The number of hydrogen-bond acceptors (Lipinski definition) is 7. The molecule has 0 saturated carbocycles. The van der Waals surface area contributed by atoms with Gasteiger partial charge in [-0.15, -0.1) is 0 Å². The Kier molecular flexibility index (Phi) is 11.5. The molecular weight excluding hydrogens is 536 g/mol. The minimum absolute atomic E-state index is 0.0701. The van der Waals surface area contributed by atoms with Gasteiger partial charge in [-0.1, -0.05) is 62.8 Å². The predicted octanol–water partition coefficient (Wildman–Crippen LogP) is 2.24. The molecule has 1 unspecified atom stereocenters. The summed E-state index contributed by atoms with van der Waals surface area (Å²) in [6.07, 6.45) is 4.49. The largest absolute Gasteiger partial charge is 0.508 e. The third-order valence-electron chi connectivity index (χ3n) is 7.48. The van der Waals surface area contributed by atoms with E-state index in [1.807, 2.05) is 44.2 Å². The van der Waals surface area contributed by atoms with Gasteiger partial charge < -0.3 is 35.8 Å². The second kappa shape index (κ2) is 14.8. The molecule has 1 aliphatic heterocycles. The topological polar surface area (TPSA) is 140 Å². The van der Waals surface area contributed by atoms with Crippen LogP contribution < -0.4 is 20.7 Å². The SMILES string of the molecule is CCC(C)[C@@H]1NCCOc2ccccc2/C=C/CNC(=O)[C@@H](Cc2ccc(O)cc2)NC(=O)[C@H](C(C)(C)O)N(C)C1=O. The zero-order valence-corrected chi connectivity index (χ0v) is 25.1. The van der Waals surface area contributed by atoms with Gasteiger partial charge in [-0.2, -0.15) is 0 Å². The third kappa shape index (κ3) is 8.80. The van der Waals surface area contributed by atoms with Gasteiger partial charge in [-0.05, 0) is 43.5 Å². The smallest absolute Gasteiger partial charge is 0.246 e. The maximum Gasteiger partial charge on any atom is 0.246 e. The molecule has 42 heavy (non-hydrogen) atoms. The number of amides is 3. The van der Waals surface area contributed by atoms with Crippen LogP contribution in [0.2, 0.25) is 0 Å². The maximum absolute atomic E-state index is 13.8. The number of fused-ring (bicyclic) bond motifs is 1. The Balaban J connectivity index is 1.99. The third-order valence-corrected chi connectivity index (χ3v) is 7.48. The first kappa shape index (κ1) is 32.6. The number of para-hydroxylation sites is 1. The van der Waals surface area contributed by atoms with E-state index in [1.54, 1.807) is 18.2 Å². The van der Waals surface area contributed by atoms with Crippen LogP contribution in [0, 0.1) is 5.92 Å². The van der Waals surface area contributed by atoms with Crippen LogP contribution in [0.4, 0.5) is 0 Å². The molecule has 0 radical (unpaired) electrons. The molecule has 10 heteroatoms. The van der Waals surface area contributed by atoms with E-state index in [9.17, 15) is 24.6 Å². The first-order valence-corrected chi connectivity index (χ1v) is 14.4. The summed E-state index contributed by atoms with van der Waals surface area (Å²) in [5.41, 5.74) is -0.0730. The average molecular weight is 581 g/mol. The number of aromatic hydroxyl groups is 1. The van der Waals surface area contributed by atoms with Gasteiger partial charge in [0, 0.05) is 32.1 Å². The predicted molar refractivity (Wildman–Crippen MR) is 162 cm³/mol. The van der Waals surface area contributed by atoms with Gasteiger partial charge in [-0.25, -0.2) is 0 Å². The normalized spacial score (nSPS) is 23.0. The van der Waals surface area contributed by atoms with Crippen LogP contribution in [-0.4, -0.2) is 83.3 Å². The first-order chi connectivity index (χ1) is 19.9. The number of carbonyl (C=O) groups is 3. The zero-order valence-electron chi connectivity index (χ0n) is 25.1. The average Bonchev–Trinajstić information content (AvgIpc) is 2.94. The van der Waals surface area contributed by atoms with Crippen molar-refractivity contribution in [3.05, 3.63) is 65.7 Å². The first-order valence-electron chi connectivity index (χ1n) is 14.4. The summed E-state index contributed by atoms with van der Waals surface area (Å²) in [6, 6.07) is 11.0. The second-order valence-corrected chi connectivity index (χ2v) is 11.3. The van der Waals surface area contributed by atoms with E-state index in [0.29, 0.717) is 30.9 Å². The van der Waals surface area contributed by atoms with Gasteiger partial charge in [0.1, 0.15) is 30.2 Å². The highest BCUT2D eigenvalue weighted by atomic mass is 16.5. The van der Waals surface area contributed by atoms with Crippen molar-refractivity contribution in [2.24, 2.45) is 5.92 Å². The van der Waals surface area contributed by atoms with E-state index in [4.69, 9.17) is 4.74 Å². The fourth-order valence-corrected chi connectivity index (χ4v) is 5.01. The Labute approximate surface area is 248 Å². The van der Waals surface area contributed by atoms with E-state index in [1.165, 1.54) is 37.9 Å². The summed E-state index contributed by atoms with van der Waals surface area (Å²) in [5, 5.41) is 29.7. The molecule has 0 aromatic heterocycles. The van der Waals surface area contributed by atoms with Crippen molar-refractivity contribution >= 4 is 23.8 Å². The molecule has 0 fully saturated rings. The van der Waals surface area contributed by atoms with Crippen molar-refractivity contribution in [3.8, 4) is 11.5 Å². The van der Waals surface area contributed by atoms with E-state index in [-0.39, 0.29) is 30.5 Å². The summed E-state index contributed by atoms with van der Waals surface area (Å²) in [5.74, 6) is -0.762. The quantitative estimate of drug-likeness (QED) is 0.365. The lowest BCUT2D eigenvalue weighted by Crippen LogP contribution is -2.63. The molecule has 1 aliphatic rings. The molecule has 3 rings (SSSR count). The Morgan fingerprint density at radius 2 is 1.76 bits per heavy atom. The van der Waals surface area contributed by atoms with Crippen LogP contribution in [0.3, 0.4) is 0 Å². The van der Waals surface area contributed by atoms with Gasteiger partial charge in [0.05, 0.1) is 11.6 Å². The minimum atomic E-state index is -1.62. The fourth-order valence-electron chi connectivity index (χ4n) is 5.01. The lowest BCUT2D eigenvalue weighted by atomic mass is 9.92. The number of carbonyl (C=O) groups excluding carboxylic acids is 3. The summed E-state index contributed by atoms with van der Waals surface area (Å²) in [7, 11) is 1.49. The fraction of sp³-hybridized carbons (Fsp3) is 0.469. The molecule has 228 valence electrons. The molecule has 1 heterocycles. The monoisotopic (exact) mass is 580 g/mol. The summed E-state index contributed by atoms with van der Waals surface area (Å²) < 4.78 is 6.01. The van der Waals surface area contributed by atoms with Crippen LogP contribution in [0.15, 0.2) is 54.6 Å². The van der Waals surface area contributed by atoms with Crippen LogP contribution in [-0.2, 0) is 20.8 Å². The van der Waals surface area contributed by atoms with Crippen molar-refractivity contribution in [3.63, 3.8) is 0 Å². The van der Waals surface area contributed by atoms with Crippen molar-refractivity contribution < 1.29 is 29.3 Å². The van der Waals surface area contributed by atoms with Crippen molar-refractivity contribution in [2.75, 3.05) is 26.7 Å². The van der Waals surface area contributed by atoms with Crippen molar-refractivity contribution in [1.82, 2.24) is 20.9 Å². The van der Waals surface area contributed by atoms with Gasteiger partial charge in [0.25, 0.3) is 0 Å². The van der Waals surface area contributed by atoms with E-state index in [0.717, 1.165) is 5.56 Å². The molecule has 0 bridgehead atoms. The van der Waals surface area contributed by atoms with E-state index >= 15 is 0 Å².